The van der Waals surface area contributed by atoms with Crippen molar-refractivity contribution in [1.82, 2.24) is 10.3 Å². The lowest BCUT2D eigenvalue weighted by atomic mass is 9.68. The predicted octanol–water partition coefficient (Wildman–Crippen LogP) is 4.90. The van der Waals surface area contributed by atoms with E-state index >= 15 is 0 Å². The number of halogens is 2. The third-order valence-corrected chi connectivity index (χ3v) is 6.47. The maximum atomic E-state index is 13.4. The van der Waals surface area contributed by atoms with E-state index in [-0.39, 0.29) is 11.0 Å². The van der Waals surface area contributed by atoms with Crippen molar-refractivity contribution in [2.24, 2.45) is 0 Å². The van der Waals surface area contributed by atoms with E-state index in [2.05, 4.69) is 17.4 Å². The SMILES string of the molecule is Fc1ccc(CNCC[C@@]2(c3ccccn3)CCOC3(CCCC3)C2)cc1F. The standard InChI is InChI=1S/C23H28F2N2O/c24-19-7-6-18(15-20(19)25)16-26-13-10-22(21-5-1-4-12-27-21)11-14-28-23(17-22)8-2-3-9-23/h1,4-7,12,15,26H,2-3,8-11,13-14,16-17H2/t22-/m1/s1. The van der Waals surface area contributed by atoms with Crippen molar-refractivity contribution in [2.45, 2.75) is 62.5 Å². The van der Waals surface area contributed by atoms with Gasteiger partial charge < -0.3 is 10.1 Å². The van der Waals surface area contributed by atoms with Crippen molar-refractivity contribution in [3.8, 4) is 0 Å². The Morgan fingerprint density at radius 2 is 1.89 bits per heavy atom. The molecule has 1 aromatic carbocycles. The first-order valence-electron chi connectivity index (χ1n) is 10.3. The third-order valence-electron chi connectivity index (χ3n) is 6.47. The molecule has 2 heterocycles. The molecule has 0 unspecified atom stereocenters. The Bertz CT molecular complexity index is 792. The van der Waals surface area contributed by atoms with Gasteiger partial charge in [-0.1, -0.05) is 25.0 Å². The Balaban J connectivity index is 1.45. The third kappa shape index (κ3) is 4.11. The van der Waals surface area contributed by atoms with E-state index in [0.29, 0.717) is 6.54 Å². The maximum absolute atomic E-state index is 13.4. The van der Waals surface area contributed by atoms with Crippen LogP contribution >= 0.6 is 0 Å². The zero-order valence-corrected chi connectivity index (χ0v) is 16.2. The molecule has 1 saturated heterocycles. The highest BCUT2D eigenvalue weighted by atomic mass is 19.2. The van der Waals surface area contributed by atoms with Crippen LogP contribution in [0.3, 0.4) is 0 Å². The van der Waals surface area contributed by atoms with Crippen LogP contribution in [-0.2, 0) is 16.7 Å². The summed E-state index contributed by atoms with van der Waals surface area (Å²) >= 11 is 0. The first kappa shape index (κ1) is 19.5. The monoisotopic (exact) mass is 386 g/mol. The molecule has 1 aliphatic heterocycles. The Kier molecular flexibility index (Phi) is 5.74. The fourth-order valence-corrected chi connectivity index (χ4v) is 5.01. The van der Waals surface area contributed by atoms with Crippen molar-refractivity contribution >= 4 is 0 Å². The van der Waals surface area contributed by atoms with Gasteiger partial charge in [0.2, 0.25) is 0 Å². The van der Waals surface area contributed by atoms with Crippen LogP contribution in [-0.4, -0.2) is 23.7 Å². The number of nitrogens with zero attached hydrogens (tertiary/aromatic N) is 1. The van der Waals surface area contributed by atoms with Crippen molar-refractivity contribution in [3.63, 3.8) is 0 Å². The van der Waals surface area contributed by atoms with Crippen molar-refractivity contribution in [1.29, 1.82) is 0 Å². The quantitative estimate of drug-likeness (QED) is 0.717. The van der Waals surface area contributed by atoms with Crippen LogP contribution in [0.4, 0.5) is 8.78 Å². The molecule has 0 bridgehead atoms. The molecule has 0 radical (unpaired) electrons. The molecule has 2 fully saturated rings. The van der Waals surface area contributed by atoms with Crippen LogP contribution in [0.2, 0.25) is 0 Å². The molecule has 2 aliphatic rings. The van der Waals surface area contributed by atoms with Gasteiger partial charge in [-0.05, 0) is 68.5 Å². The van der Waals surface area contributed by atoms with Gasteiger partial charge in [0.05, 0.1) is 5.60 Å². The van der Waals surface area contributed by atoms with E-state index in [1.54, 1.807) is 6.07 Å². The average Bonchev–Trinajstić information content (AvgIpc) is 3.16. The molecule has 4 rings (SSSR count). The van der Waals surface area contributed by atoms with E-state index in [4.69, 9.17) is 9.72 Å². The van der Waals surface area contributed by atoms with Gasteiger partial charge in [0.1, 0.15) is 0 Å². The highest BCUT2D eigenvalue weighted by Gasteiger charge is 2.48. The summed E-state index contributed by atoms with van der Waals surface area (Å²) in [6.45, 7) is 2.10. The van der Waals surface area contributed by atoms with Gasteiger partial charge in [-0.15, -0.1) is 0 Å². The highest BCUT2D eigenvalue weighted by molar-refractivity contribution is 5.21. The van der Waals surface area contributed by atoms with Crippen LogP contribution < -0.4 is 5.32 Å². The molecule has 150 valence electrons. The van der Waals surface area contributed by atoms with Crippen LogP contribution in [0.15, 0.2) is 42.6 Å². The summed E-state index contributed by atoms with van der Waals surface area (Å²) < 4.78 is 32.8. The lowest BCUT2D eigenvalue weighted by Crippen LogP contribution is -2.47. The lowest BCUT2D eigenvalue weighted by Gasteiger charge is -2.46. The van der Waals surface area contributed by atoms with Crippen LogP contribution in [0.5, 0.6) is 0 Å². The minimum absolute atomic E-state index is 0.00486. The second-order valence-corrected chi connectivity index (χ2v) is 8.34. The van der Waals surface area contributed by atoms with Gasteiger partial charge in [0, 0.05) is 30.5 Å². The zero-order chi connectivity index (χ0) is 19.5. The smallest absolute Gasteiger partial charge is 0.159 e. The molecule has 1 aromatic heterocycles. The number of hydrogen-bond donors (Lipinski definition) is 1. The highest BCUT2D eigenvalue weighted by Crippen LogP contribution is 2.49. The molecular weight excluding hydrogens is 358 g/mol. The van der Waals surface area contributed by atoms with Gasteiger partial charge in [0.25, 0.3) is 0 Å². The Hall–Kier alpha value is -1.85. The summed E-state index contributed by atoms with van der Waals surface area (Å²) in [6, 6.07) is 10.2. The molecule has 28 heavy (non-hydrogen) atoms. The fourth-order valence-electron chi connectivity index (χ4n) is 5.01. The van der Waals surface area contributed by atoms with Crippen molar-refractivity contribution < 1.29 is 13.5 Å². The maximum Gasteiger partial charge on any atom is 0.159 e. The number of rotatable bonds is 6. The van der Waals surface area contributed by atoms with Gasteiger partial charge in [-0.2, -0.15) is 0 Å². The number of aromatic nitrogens is 1. The summed E-state index contributed by atoms with van der Waals surface area (Å²) in [5.74, 6) is -1.60. The summed E-state index contributed by atoms with van der Waals surface area (Å²) in [4.78, 5) is 4.71. The van der Waals surface area contributed by atoms with E-state index in [9.17, 15) is 8.78 Å². The predicted molar refractivity (Wildman–Crippen MR) is 105 cm³/mol. The molecule has 1 spiro atoms. The second kappa shape index (κ2) is 8.26. The number of hydrogen-bond acceptors (Lipinski definition) is 3. The van der Waals surface area contributed by atoms with E-state index in [1.165, 1.54) is 25.0 Å². The van der Waals surface area contributed by atoms with Crippen LogP contribution in [0.1, 0.15) is 56.2 Å². The molecule has 5 heteroatoms. The molecule has 1 saturated carbocycles. The second-order valence-electron chi connectivity index (χ2n) is 8.34. The fraction of sp³-hybridized carbons (Fsp3) is 0.522. The van der Waals surface area contributed by atoms with E-state index < -0.39 is 11.6 Å². The summed E-state index contributed by atoms with van der Waals surface area (Å²) in [5.41, 5.74) is 1.92. The van der Waals surface area contributed by atoms with E-state index in [0.717, 1.165) is 56.5 Å². The Morgan fingerprint density at radius 1 is 1.04 bits per heavy atom. The molecular formula is C23H28F2N2O. The van der Waals surface area contributed by atoms with Gasteiger partial charge in [-0.25, -0.2) is 8.78 Å². The molecule has 0 amide bonds. The number of pyridine rings is 1. The lowest BCUT2D eigenvalue weighted by molar-refractivity contribution is -0.104. The van der Waals surface area contributed by atoms with Crippen LogP contribution in [0, 0.1) is 11.6 Å². The zero-order valence-electron chi connectivity index (χ0n) is 16.2. The Labute approximate surface area is 165 Å². The first-order valence-corrected chi connectivity index (χ1v) is 10.3. The van der Waals surface area contributed by atoms with Crippen molar-refractivity contribution in [3.05, 3.63) is 65.5 Å². The minimum Gasteiger partial charge on any atom is -0.375 e. The average molecular weight is 386 g/mol. The summed E-state index contributed by atoms with van der Waals surface area (Å²) in [5, 5.41) is 3.41. The summed E-state index contributed by atoms with van der Waals surface area (Å²) in [6.07, 6.45) is 9.59. The minimum atomic E-state index is -0.804. The Morgan fingerprint density at radius 3 is 2.64 bits per heavy atom. The molecule has 1 N–H and O–H groups in total. The number of nitrogens with one attached hydrogen (secondary N) is 1. The number of ether oxygens (including phenoxy) is 1. The summed E-state index contributed by atoms with van der Waals surface area (Å²) in [7, 11) is 0. The largest absolute Gasteiger partial charge is 0.375 e. The van der Waals surface area contributed by atoms with Gasteiger partial charge in [0.15, 0.2) is 11.6 Å². The topological polar surface area (TPSA) is 34.2 Å². The van der Waals surface area contributed by atoms with Crippen LogP contribution in [0.25, 0.3) is 0 Å². The molecule has 1 atom stereocenters. The molecule has 2 aromatic rings. The van der Waals surface area contributed by atoms with Crippen molar-refractivity contribution in [2.75, 3.05) is 13.2 Å². The van der Waals surface area contributed by atoms with Gasteiger partial charge >= 0.3 is 0 Å². The normalized spacial score (nSPS) is 23.9. The first-order chi connectivity index (χ1) is 13.6. The molecule has 3 nitrogen and oxygen atoms in total. The van der Waals surface area contributed by atoms with Gasteiger partial charge in [-0.3, -0.25) is 4.98 Å². The number of benzene rings is 1. The van der Waals surface area contributed by atoms with E-state index in [1.807, 2.05) is 12.3 Å². The molecule has 1 aliphatic carbocycles.